The number of fused-ring (bicyclic) bond motifs is 3. The van der Waals surface area contributed by atoms with E-state index in [1.165, 1.54) is 163 Å². The standard InChI is InChI=1S/C67H85N/c1-11-17-25-47(14-4)53-44-61(48(15-5)23-12-2)65(62(45-53)49(16-6)24-13-3)52-32-40-57(41-33-52)68(56-38-30-51(31-39-56)50-26-19-18-20-27-50)58-42-43-60-59-28-21-22-29-63(59)67(10,64(60)46-58)55-36-34-54(35-37-55)66(7,8)9/h21-22,28-50H,11-20,23-27H2,1-10H3. The summed E-state index contributed by atoms with van der Waals surface area (Å²) in [6.45, 7) is 23.8. The van der Waals surface area contributed by atoms with Crippen LogP contribution in [0.5, 0.6) is 0 Å². The van der Waals surface area contributed by atoms with Gasteiger partial charge in [0.25, 0.3) is 0 Å². The highest BCUT2D eigenvalue weighted by atomic mass is 15.1. The molecule has 1 nitrogen and oxygen atoms in total. The molecule has 4 unspecified atom stereocenters. The lowest BCUT2D eigenvalue weighted by atomic mass is 9.73. The number of hydrogen-bond acceptors (Lipinski definition) is 1. The van der Waals surface area contributed by atoms with Crippen molar-refractivity contribution in [3.63, 3.8) is 0 Å². The van der Waals surface area contributed by atoms with Crippen LogP contribution in [0.2, 0.25) is 0 Å². The topological polar surface area (TPSA) is 3.24 Å². The molecule has 0 radical (unpaired) electrons. The Balaban J connectivity index is 1.29. The van der Waals surface area contributed by atoms with Crippen LogP contribution in [0.3, 0.4) is 0 Å². The van der Waals surface area contributed by atoms with Gasteiger partial charge in [-0.25, -0.2) is 0 Å². The Bertz CT molecular complexity index is 2530. The Hall–Kier alpha value is -4.88. The zero-order valence-electron chi connectivity index (χ0n) is 44.0. The number of unbranched alkanes of at least 4 members (excludes halogenated alkanes) is 1. The van der Waals surface area contributed by atoms with E-state index in [1.54, 1.807) is 16.7 Å². The van der Waals surface area contributed by atoms with Crippen molar-refractivity contribution >= 4 is 17.1 Å². The molecule has 0 amide bonds. The Kier molecular flexibility index (Phi) is 15.9. The first kappa shape index (κ1) is 49.5. The van der Waals surface area contributed by atoms with Crippen LogP contribution in [0.4, 0.5) is 17.1 Å². The van der Waals surface area contributed by atoms with Crippen molar-refractivity contribution in [1.82, 2.24) is 0 Å². The van der Waals surface area contributed by atoms with Crippen LogP contribution in [0.25, 0.3) is 22.3 Å². The van der Waals surface area contributed by atoms with E-state index in [1.807, 2.05) is 0 Å². The van der Waals surface area contributed by atoms with Gasteiger partial charge in [0.15, 0.2) is 0 Å². The van der Waals surface area contributed by atoms with Gasteiger partial charge in [-0.05, 0) is 191 Å². The largest absolute Gasteiger partial charge is 0.310 e. The van der Waals surface area contributed by atoms with Crippen LogP contribution >= 0.6 is 0 Å². The lowest BCUT2D eigenvalue weighted by Gasteiger charge is -2.32. The van der Waals surface area contributed by atoms with Crippen molar-refractivity contribution in [2.24, 2.45) is 0 Å². The van der Waals surface area contributed by atoms with Crippen molar-refractivity contribution in [1.29, 1.82) is 0 Å². The number of benzene rings is 6. The van der Waals surface area contributed by atoms with Crippen LogP contribution in [-0.4, -0.2) is 0 Å². The normalized spacial score (nSPS) is 17.4. The zero-order valence-corrected chi connectivity index (χ0v) is 44.0. The lowest BCUT2D eigenvalue weighted by Crippen LogP contribution is -2.23. The third-order valence-corrected chi connectivity index (χ3v) is 16.8. The van der Waals surface area contributed by atoms with E-state index < -0.39 is 0 Å². The molecule has 0 bridgehead atoms. The fourth-order valence-corrected chi connectivity index (χ4v) is 12.6. The maximum absolute atomic E-state index is 2.69. The second-order valence-corrected chi connectivity index (χ2v) is 22.1. The van der Waals surface area contributed by atoms with Crippen molar-refractivity contribution in [2.45, 2.75) is 200 Å². The number of rotatable bonds is 19. The second kappa shape index (κ2) is 21.8. The van der Waals surface area contributed by atoms with Gasteiger partial charge >= 0.3 is 0 Å². The third-order valence-electron chi connectivity index (χ3n) is 16.8. The molecule has 6 aromatic carbocycles. The minimum atomic E-state index is -0.298. The predicted octanol–water partition coefficient (Wildman–Crippen LogP) is 20.8. The molecule has 8 rings (SSSR count). The van der Waals surface area contributed by atoms with Crippen LogP contribution in [0.1, 0.15) is 234 Å². The average Bonchev–Trinajstić information content (AvgIpc) is 3.63. The van der Waals surface area contributed by atoms with Gasteiger partial charge in [0.1, 0.15) is 0 Å². The third kappa shape index (κ3) is 9.93. The fourth-order valence-electron chi connectivity index (χ4n) is 12.6. The van der Waals surface area contributed by atoms with E-state index in [4.69, 9.17) is 0 Å². The second-order valence-electron chi connectivity index (χ2n) is 22.1. The molecule has 1 fully saturated rings. The molecule has 0 heterocycles. The minimum Gasteiger partial charge on any atom is -0.310 e. The van der Waals surface area contributed by atoms with Crippen LogP contribution in [0.15, 0.2) is 127 Å². The van der Waals surface area contributed by atoms with E-state index in [9.17, 15) is 0 Å². The molecule has 68 heavy (non-hydrogen) atoms. The molecule has 0 aliphatic heterocycles. The average molecular weight is 904 g/mol. The van der Waals surface area contributed by atoms with Crippen molar-refractivity contribution in [3.05, 3.63) is 172 Å². The zero-order chi connectivity index (χ0) is 48.0. The highest BCUT2D eigenvalue weighted by Gasteiger charge is 2.41. The first-order valence-electron chi connectivity index (χ1n) is 27.5. The molecule has 2 aliphatic rings. The molecule has 2 aliphatic carbocycles. The number of hydrogen-bond donors (Lipinski definition) is 0. The van der Waals surface area contributed by atoms with E-state index in [0.717, 1.165) is 0 Å². The van der Waals surface area contributed by atoms with E-state index in [-0.39, 0.29) is 10.8 Å². The van der Waals surface area contributed by atoms with Crippen LogP contribution < -0.4 is 4.90 Å². The molecular formula is C67H85N. The first-order chi connectivity index (χ1) is 33.0. The number of nitrogens with zero attached hydrogens (tertiary/aromatic N) is 1. The quantitative estimate of drug-likeness (QED) is 0.0783. The molecule has 0 spiro atoms. The monoisotopic (exact) mass is 904 g/mol. The lowest BCUT2D eigenvalue weighted by molar-refractivity contribution is 0.443. The van der Waals surface area contributed by atoms with Crippen molar-refractivity contribution in [2.75, 3.05) is 4.90 Å². The molecule has 358 valence electrons. The summed E-state index contributed by atoms with van der Waals surface area (Å²) in [5.41, 5.74) is 20.8. The van der Waals surface area contributed by atoms with Gasteiger partial charge in [-0.15, -0.1) is 0 Å². The molecule has 1 saturated carbocycles. The maximum Gasteiger partial charge on any atom is 0.0465 e. The van der Waals surface area contributed by atoms with Crippen LogP contribution in [-0.2, 0) is 10.8 Å². The summed E-state index contributed by atoms with van der Waals surface area (Å²) in [6.07, 6.45) is 18.9. The summed E-state index contributed by atoms with van der Waals surface area (Å²) in [5, 5.41) is 0. The summed E-state index contributed by atoms with van der Waals surface area (Å²) >= 11 is 0. The summed E-state index contributed by atoms with van der Waals surface area (Å²) < 4.78 is 0. The van der Waals surface area contributed by atoms with Gasteiger partial charge in [0, 0.05) is 22.5 Å². The highest BCUT2D eigenvalue weighted by Crippen LogP contribution is 2.54. The minimum absolute atomic E-state index is 0.0973. The predicted molar refractivity (Wildman–Crippen MR) is 297 cm³/mol. The molecule has 6 aromatic rings. The Morgan fingerprint density at radius 3 is 1.66 bits per heavy atom. The van der Waals surface area contributed by atoms with Gasteiger partial charge in [0.2, 0.25) is 0 Å². The van der Waals surface area contributed by atoms with E-state index >= 15 is 0 Å². The molecule has 4 atom stereocenters. The molecule has 0 N–H and O–H groups in total. The van der Waals surface area contributed by atoms with Gasteiger partial charge in [-0.2, -0.15) is 0 Å². The van der Waals surface area contributed by atoms with Crippen molar-refractivity contribution in [3.8, 4) is 22.3 Å². The van der Waals surface area contributed by atoms with Gasteiger partial charge < -0.3 is 4.90 Å². The van der Waals surface area contributed by atoms with Crippen LogP contribution in [0, 0.1) is 0 Å². The Morgan fingerprint density at radius 1 is 0.544 bits per heavy atom. The van der Waals surface area contributed by atoms with Gasteiger partial charge in [0.05, 0.1) is 0 Å². The summed E-state index contributed by atoms with van der Waals surface area (Å²) in [7, 11) is 0. The highest BCUT2D eigenvalue weighted by molar-refractivity contribution is 5.88. The summed E-state index contributed by atoms with van der Waals surface area (Å²) in [4.78, 5) is 2.54. The molecular weight excluding hydrogens is 819 g/mol. The van der Waals surface area contributed by atoms with Gasteiger partial charge in [-0.3, -0.25) is 0 Å². The Labute approximate surface area is 414 Å². The Morgan fingerprint density at radius 2 is 1.10 bits per heavy atom. The fraction of sp³-hybridized carbons (Fsp3) is 0.463. The van der Waals surface area contributed by atoms with E-state index in [0.29, 0.717) is 23.7 Å². The smallest absolute Gasteiger partial charge is 0.0465 e. The van der Waals surface area contributed by atoms with Crippen molar-refractivity contribution < 1.29 is 0 Å². The molecule has 1 heteroatoms. The van der Waals surface area contributed by atoms with Gasteiger partial charge in [-0.1, -0.05) is 198 Å². The summed E-state index contributed by atoms with van der Waals surface area (Å²) in [6, 6.07) is 50.9. The molecule has 0 saturated heterocycles. The number of anilines is 3. The SMILES string of the molecule is CCCCC(CC)c1cc(C(CC)CCC)c(-c2ccc(N(c3ccc(C4CCCCC4)cc3)c3ccc4c(c3)C(C)(c3ccc(C(C)(C)C)cc3)c3ccccc3-4)cc2)c(C(CC)CCC)c1. The molecule has 0 aromatic heterocycles. The summed E-state index contributed by atoms with van der Waals surface area (Å²) in [5.74, 6) is 2.38. The van der Waals surface area contributed by atoms with E-state index in [2.05, 4.69) is 202 Å². The maximum atomic E-state index is 2.69. The first-order valence-corrected chi connectivity index (χ1v) is 27.5.